The first-order valence-corrected chi connectivity index (χ1v) is 7.35. The number of hydrogen-bond acceptors (Lipinski definition) is 3. The highest BCUT2D eigenvalue weighted by Gasteiger charge is 2.34. The summed E-state index contributed by atoms with van der Waals surface area (Å²) in [6.45, 7) is 5.35. The molecule has 0 bridgehead atoms. The van der Waals surface area contributed by atoms with Crippen LogP contribution in [-0.2, 0) is 4.74 Å². The van der Waals surface area contributed by atoms with Gasteiger partial charge in [-0.2, -0.15) is 0 Å². The molecule has 0 aliphatic heterocycles. The number of benzene rings is 1. The van der Waals surface area contributed by atoms with E-state index in [0.29, 0.717) is 30.8 Å². The summed E-state index contributed by atoms with van der Waals surface area (Å²) in [5.74, 6) is 0.468. The van der Waals surface area contributed by atoms with Crippen LogP contribution in [0.4, 0.5) is 10.1 Å². The molecule has 1 aromatic carbocycles. The third-order valence-electron chi connectivity index (χ3n) is 4.13. The van der Waals surface area contributed by atoms with Gasteiger partial charge in [0, 0.05) is 25.7 Å². The van der Waals surface area contributed by atoms with E-state index in [1.165, 1.54) is 18.9 Å². The van der Waals surface area contributed by atoms with Crippen molar-refractivity contribution in [1.29, 1.82) is 0 Å². The zero-order chi connectivity index (χ0) is 14.7. The zero-order valence-electron chi connectivity index (χ0n) is 12.6. The molecule has 2 atom stereocenters. The van der Waals surface area contributed by atoms with Crippen molar-refractivity contribution in [1.82, 2.24) is 0 Å². The van der Waals surface area contributed by atoms with Crippen LogP contribution in [0.1, 0.15) is 38.3 Å². The second-order valence-electron chi connectivity index (χ2n) is 5.73. The van der Waals surface area contributed by atoms with Crippen LogP contribution >= 0.6 is 0 Å². The Balaban J connectivity index is 2.35. The van der Waals surface area contributed by atoms with E-state index >= 15 is 0 Å². The Morgan fingerprint density at radius 1 is 1.40 bits per heavy atom. The van der Waals surface area contributed by atoms with E-state index in [9.17, 15) is 4.39 Å². The Morgan fingerprint density at radius 2 is 2.10 bits per heavy atom. The summed E-state index contributed by atoms with van der Waals surface area (Å²) in [5, 5.41) is 0. The molecule has 0 heterocycles. The van der Waals surface area contributed by atoms with Gasteiger partial charge < -0.3 is 15.4 Å². The summed E-state index contributed by atoms with van der Waals surface area (Å²) in [5.41, 5.74) is 7.54. The van der Waals surface area contributed by atoms with Gasteiger partial charge in [0.25, 0.3) is 0 Å². The number of rotatable bonds is 7. The van der Waals surface area contributed by atoms with Crippen LogP contribution in [0.3, 0.4) is 0 Å². The second kappa shape index (κ2) is 6.55. The Kier molecular flexibility index (Phi) is 5.00. The van der Waals surface area contributed by atoms with Gasteiger partial charge in [0.2, 0.25) is 0 Å². The minimum Gasteiger partial charge on any atom is -0.383 e. The smallest absolute Gasteiger partial charge is 0.146 e. The van der Waals surface area contributed by atoms with Crippen LogP contribution in [0.15, 0.2) is 18.2 Å². The molecule has 1 aliphatic rings. The molecule has 0 saturated heterocycles. The van der Waals surface area contributed by atoms with Gasteiger partial charge in [0.05, 0.1) is 12.3 Å². The van der Waals surface area contributed by atoms with Crippen LogP contribution in [0.5, 0.6) is 0 Å². The van der Waals surface area contributed by atoms with Crippen LogP contribution in [0, 0.1) is 11.7 Å². The number of methoxy groups -OCH3 is 1. The molecule has 0 spiro atoms. The van der Waals surface area contributed by atoms with E-state index in [2.05, 4.69) is 11.8 Å². The van der Waals surface area contributed by atoms with Crippen LogP contribution in [-0.4, -0.2) is 26.3 Å². The Bertz CT molecular complexity index is 446. The fraction of sp³-hybridized carbons (Fsp3) is 0.625. The molecule has 1 aromatic rings. The first kappa shape index (κ1) is 15.3. The molecule has 3 nitrogen and oxygen atoms in total. The van der Waals surface area contributed by atoms with Gasteiger partial charge >= 0.3 is 0 Å². The molecule has 1 saturated carbocycles. The van der Waals surface area contributed by atoms with Gasteiger partial charge in [-0.3, -0.25) is 0 Å². The number of halogens is 1. The molecular formula is C16H25FN2O. The maximum Gasteiger partial charge on any atom is 0.146 e. The third kappa shape index (κ3) is 3.30. The minimum atomic E-state index is -0.191. The molecule has 4 heteroatoms. The van der Waals surface area contributed by atoms with Crippen molar-refractivity contribution in [3.8, 4) is 0 Å². The zero-order valence-corrected chi connectivity index (χ0v) is 12.6. The van der Waals surface area contributed by atoms with Gasteiger partial charge in [0.15, 0.2) is 0 Å². The van der Waals surface area contributed by atoms with Crippen LogP contribution in [0.25, 0.3) is 0 Å². The molecule has 0 amide bonds. The van der Waals surface area contributed by atoms with Crippen molar-refractivity contribution >= 4 is 5.69 Å². The lowest BCUT2D eigenvalue weighted by atomic mass is 10.0. The van der Waals surface area contributed by atoms with Gasteiger partial charge in [-0.05, 0) is 44.2 Å². The fourth-order valence-corrected chi connectivity index (χ4v) is 2.74. The van der Waals surface area contributed by atoms with E-state index in [0.717, 1.165) is 5.56 Å². The molecular weight excluding hydrogens is 255 g/mol. The van der Waals surface area contributed by atoms with Crippen molar-refractivity contribution in [2.45, 2.75) is 38.8 Å². The molecule has 20 heavy (non-hydrogen) atoms. The molecule has 2 rings (SSSR count). The van der Waals surface area contributed by atoms with E-state index < -0.39 is 0 Å². The maximum atomic E-state index is 14.4. The lowest BCUT2D eigenvalue weighted by molar-refractivity contribution is 0.202. The standard InChI is InChI=1S/C16H25FN2O/c1-11(18)14-5-4-6-15(17)16(14)19(9-10-20-3)12(2)13-7-8-13/h4-6,11-13H,7-10,18H2,1-3H3/t11-,12?/m0/s1. The SMILES string of the molecule is COCCN(c1c(F)cccc1[C@H](C)N)C(C)C1CC1. The summed E-state index contributed by atoms with van der Waals surface area (Å²) in [6.07, 6.45) is 2.46. The average Bonchev–Trinajstić information content (AvgIpc) is 3.24. The highest BCUT2D eigenvalue weighted by molar-refractivity contribution is 5.57. The third-order valence-corrected chi connectivity index (χ3v) is 4.13. The van der Waals surface area contributed by atoms with Crippen molar-refractivity contribution in [2.24, 2.45) is 11.7 Å². The van der Waals surface area contributed by atoms with Crippen molar-refractivity contribution in [3.05, 3.63) is 29.6 Å². The van der Waals surface area contributed by atoms with Gasteiger partial charge in [-0.1, -0.05) is 12.1 Å². The highest BCUT2D eigenvalue weighted by Crippen LogP contribution is 2.39. The van der Waals surface area contributed by atoms with Gasteiger partial charge in [-0.25, -0.2) is 4.39 Å². The maximum absolute atomic E-state index is 14.4. The summed E-state index contributed by atoms with van der Waals surface area (Å²) in [6, 6.07) is 5.30. The number of anilines is 1. The predicted molar refractivity (Wildman–Crippen MR) is 80.4 cm³/mol. The molecule has 1 aliphatic carbocycles. The Labute approximate surface area is 120 Å². The minimum absolute atomic E-state index is 0.183. The quantitative estimate of drug-likeness (QED) is 0.834. The lowest BCUT2D eigenvalue weighted by Crippen LogP contribution is -2.39. The molecule has 0 aromatic heterocycles. The number of nitrogens with two attached hydrogens (primary N) is 1. The molecule has 112 valence electrons. The first-order valence-electron chi connectivity index (χ1n) is 7.35. The molecule has 1 fully saturated rings. The van der Waals surface area contributed by atoms with Gasteiger partial charge in [0.1, 0.15) is 5.82 Å². The lowest BCUT2D eigenvalue weighted by Gasteiger charge is -2.34. The largest absolute Gasteiger partial charge is 0.383 e. The van der Waals surface area contributed by atoms with Crippen LogP contribution < -0.4 is 10.6 Å². The molecule has 2 N–H and O–H groups in total. The predicted octanol–water partition coefficient (Wildman–Crippen LogP) is 3.10. The molecule has 0 radical (unpaired) electrons. The summed E-state index contributed by atoms with van der Waals surface area (Å²) in [4.78, 5) is 2.13. The number of ether oxygens (including phenoxy) is 1. The second-order valence-corrected chi connectivity index (χ2v) is 5.73. The van der Waals surface area contributed by atoms with Gasteiger partial charge in [-0.15, -0.1) is 0 Å². The van der Waals surface area contributed by atoms with Crippen LogP contribution in [0.2, 0.25) is 0 Å². The van der Waals surface area contributed by atoms with Crippen molar-refractivity contribution < 1.29 is 9.13 Å². The number of hydrogen-bond donors (Lipinski definition) is 1. The Morgan fingerprint density at radius 3 is 2.65 bits per heavy atom. The average molecular weight is 280 g/mol. The van der Waals surface area contributed by atoms with E-state index in [1.807, 2.05) is 13.0 Å². The highest BCUT2D eigenvalue weighted by atomic mass is 19.1. The van der Waals surface area contributed by atoms with E-state index in [-0.39, 0.29) is 11.9 Å². The molecule has 1 unspecified atom stereocenters. The number of para-hydroxylation sites is 1. The topological polar surface area (TPSA) is 38.5 Å². The fourth-order valence-electron chi connectivity index (χ4n) is 2.74. The monoisotopic (exact) mass is 280 g/mol. The number of nitrogens with zero attached hydrogens (tertiary/aromatic N) is 1. The summed E-state index contributed by atoms with van der Waals surface area (Å²) in [7, 11) is 1.67. The Hall–Kier alpha value is -1.13. The van der Waals surface area contributed by atoms with Crippen molar-refractivity contribution in [3.63, 3.8) is 0 Å². The van der Waals surface area contributed by atoms with E-state index in [4.69, 9.17) is 10.5 Å². The van der Waals surface area contributed by atoms with Crippen molar-refractivity contribution in [2.75, 3.05) is 25.2 Å². The van der Waals surface area contributed by atoms with E-state index in [1.54, 1.807) is 13.2 Å². The summed E-state index contributed by atoms with van der Waals surface area (Å²) >= 11 is 0. The first-order chi connectivity index (χ1) is 9.56. The normalized spacial score (nSPS) is 17.9. The summed E-state index contributed by atoms with van der Waals surface area (Å²) < 4.78 is 19.6.